The van der Waals surface area contributed by atoms with Crippen LogP contribution in [0.3, 0.4) is 0 Å². The molecule has 3 rings (SSSR count). The Morgan fingerprint density at radius 1 is 1.17 bits per heavy atom. The number of nitrogens with one attached hydrogen (secondary N) is 1. The van der Waals surface area contributed by atoms with Gasteiger partial charge in [-0.2, -0.15) is 18.2 Å². The summed E-state index contributed by atoms with van der Waals surface area (Å²) in [5.41, 5.74) is -0.801. The number of halogens is 5. The van der Waals surface area contributed by atoms with E-state index in [2.05, 4.69) is 15.3 Å². The molecule has 0 aliphatic carbocycles. The van der Waals surface area contributed by atoms with E-state index in [1.807, 2.05) is 6.92 Å². The van der Waals surface area contributed by atoms with Crippen LogP contribution in [0.5, 0.6) is 0 Å². The lowest BCUT2D eigenvalue weighted by atomic mass is 9.97. The van der Waals surface area contributed by atoms with Gasteiger partial charge < -0.3 is 41.0 Å². The Bertz CT molecular complexity index is 1000. The number of aliphatic hydroxyl groups is 4. The molecule has 3 aliphatic heterocycles. The van der Waals surface area contributed by atoms with E-state index in [0.29, 0.717) is 18.6 Å². The van der Waals surface area contributed by atoms with Gasteiger partial charge in [-0.15, -0.1) is 0 Å². The normalized spacial score (nSPS) is 32.9. The van der Waals surface area contributed by atoms with Gasteiger partial charge in [-0.3, -0.25) is 4.90 Å². The number of hydrogen-bond donors (Lipinski definition) is 6. The highest BCUT2D eigenvalue weighted by Gasteiger charge is 2.66. The summed E-state index contributed by atoms with van der Waals surface area (Å²) in [6.45, 7) is 1.03. The van der Waals surface area contributed by atoms with Crippen molar-refractivity contribution in [1.82, 2.24) is 10.2 Å². The third-order valence-corrected chi connectivity index (χ3v) is 6.95. The molecule has 13 nitrogen and oxygen atoms in total. The second-order valence-corrected chi connectivity index (χ2v) is 10.3. The molecule has 0 aromatic carbocycles. The van der Waals surface area contributed by atoms with Gasteiger partial charge in [0.1, 0.15) is 30.6 Å². The first-order chi connectivity index (χ1) is 18.9. The molecule has 41 heavy (non-hydrogen) atoms. The van der Waals surface area contributed by atoms with E-state index < -0.39 is 91.9 Å². The van der Waals surface area contributed by atoms with E-state index in [1.165, 1.54) is 0 Å². The average molecular weight is 606 g/mol. The van der Waals surface area contributed by atoms with Crippen molar-refractivity contribution in [2.75, 3.05) is 26.4 Å². The van der Waals surface area contributed by atoms with Gasteiger partial charge in [0.25, 0.3) is 0 Å². The third-order valence-electron chi connectivity index (χ3n) is 6.95. The first-order valence-electron chi connectivity index (χ1n) is 12.7. The molecule has 0 spiro atoms. The molecule has 0 unspecified atom stereocenters. The molecule has 3 heterocycles. The van der Waals surface area contributed by atoms with Crippen LogP contribution in [0.2, 0.25) is 0 Å². The highest BCUT2D eigenvalue weighted by molar-refractivity contribution is 5.97. The zero-order valence-corrected chi connectivity index (χ0v) is 22.7. The number of rotatable bonds is 7. The largest absolute Gasteiger partial charge is 0.422 e. The summed E-state index contributed by atoms with van der Waals surface area (Å²) >= 11 is 0. The maximum absolute atomic E-state index is 13.4. The summed E-state index contributed by atoms with van der Waals surface area (Å²) in [6, 6.07) is -1.65. The van der Waals surface area contributed by atoms with Crippen LogP contribution in [-0.2, 0) is 9.47 Å². The van der Waals surface area contributed by atoms with Crippen LogP contribution in [-0.4, -0.2) is 123 Å². The van der Waals surface area contributed by atoms with Crippen molar-refractivity contribution in [1.29, 1.82) is 0 Å². The van der Waals surface area contributed by atoms with Crippen LogP contribution >= 0.6 is 0 Å². The van der Waals surface area contributed by atoms with Crippen molar-refractivity contribution in [3.8, 4) is 0 Å². The van der Waals surface area contributed by atoms with Gasteiger partial charge in [-0.25, -0.2) is 23.4 Å². The van der Waals surface area contributed by atoms with E-state index in [0.717, 1.165) is 18.7 Å². The maximum Gasteiger partial charge on any atom is 0.422 e. The molecular formula is C23H36F5N5O8. The number of urea groups is 2. The molecule has 0 bridgehead atoms. The number of nitrogens with two attached hydrogens (primary N) is 1. The molecule has 0 aromatic heterocycles. The topological polar surface area (TPSA) is 200 Å². The Balaban J connectivity index is 0.000000287. The predicted octanol–water partition coefficient (Wildman–Crippen LogP) is 0.673. The van der Waals surface area contributed by atoms with E-state index >= 15 is 0 Å². The number of ether oxygens (including phenoxy) is 2. The number of amidine groups is 1. The van der Waals surface area contributed by atoms with Crippen LogP contribution in [0.15, 0.2) is 9.98 Å². The molecule has 0 radical (unpaired) electrons. The molecule has 7 N–H and O–H groups in total. The molecule has 236 valence electrons. The molecule has 2 fully saturated rings. The minimum absolute atomic E-state index is 0.120. The number of amides is 4. The number of carbonyl (C=O) groups excluding carboxylic acids is 2. The molecule has 0 aromatic rings. The summed E-state index contributed by atoms with van der Waals surface area (Å²) in [7, 11) is 0. The second-order valence-electron chi connectivity index (χ2n) is 10.3. The molecule has 18 heteroatoms. The summed E-state index contributed by atoms with van der Waals surface area (Å²) < 4.78 is 75.3. The molecule has 3 aliphatic rings. The van der Waals surface area contributed by atoms with Gasteiger partial charge in [0.15, 0.2) is 5.67 Å². The van der Waals surface area contributed by atoms with Crippen LogP contribution in [0.4, 0.5) is 31.5 Å². The van der Waals surface area contributed by atoms with Gasteiger partial charge in [0.2, 0.25) is 5.60 Å². The summed E-state index contributed by atoms with van der Waals surface area (Å²) in [4.78, 5) is 31.5. The first-order valence-corrected chi connectivity index (χ1v) is 12.7. The molecule has 0 saturated carbocycles. The van der Waals surface area contributed by atoms with Crippen molar-refractivity contribution >= 4 is 23.6 Å². The first kappa shape index (κ1) is 34.7. The lowest BCUT2D eigenvalue weighted by molar-refractivity contribution is -0.306. The van der Waals surface area contributed by atoms with Gasteiger partial charge in [-0.05, 0) is 20.3 Å². The Labute approximate surface area is 232 Å². The standard InChI is InChI=1S/C12H17F3N2O4.C11H19F2N3O4/c1-2-7-3-4-17(10(20)16-7)9-5-8(19)11(6-18,21-9)12(13,14)15;1-10(2,13)8(14)16-9(19)15-7-3-6(18)11(4-12,5-17)20-7/h8-9,18-19H,2-6H2,1H3;6-7,17-18H,3-5H2,1-2H3,(H3,14,15,16,19)/t8-,9+,11+;6-,7+,11+/m00/s1. The van der Waals surface area contributed by atoms with Gasteiger partial charge in [0.05, 0.1) is 25.4 Å². The van der Waals surface area contributed by atoms with Crippen molar-refractivity contribution in [2.24, 2.45) is 15.7 Å². The lowest BCUT2D eigenvalue weighted by Gasteiger charge is -2.34. The fourth-order valence-electron chi connectivity index (χ4n) is 4.19. The van der Waals surface area contributed by atoms with Crippen molar-refractivity contribution in [3.05, 3.63) is 0 Å². The number of nitrogens with zero attached hydrogens (tertiary/aromatic N) is 3. The van der Waals surface area contributed by atoms with Crippen molar-refractivity contribution < 1.29 is 61.4 Å². The number of aliphatic hydroxyl groups excluding tert-OH is 4. The Morgan fingerprint density at radius 3 is 2.22 bits per heavy atom. The smallest absolute Gasteiger partial charge is 0.393 e. The predicted molar refractivity (Wildman–Crippen MR) is 132 cm³/mol. The van der Waals surface area contributed by atoms with Crippen LogP contribution < -0.4 is 11.1 Å². The lowest BCUT2D eigenvalue weighted by Crippen LogP contribution is -2.56. The zero-order chi connectivity index (χ0) is 31.4. The highest BCUT2D eigenvalue weighted by atomic mass is 19.4. The maximum atomic E-state index is 13.4. The van der Waals surface area contributed by atoms with Gasteiger partial charge in [-0.1, -0.05) is 6.92 Å². The number of alkyl halides is 5. The number of hydrogen-bond acceptors (Lipinski definition) is 8. The van der Waals surface area contributed by atoms with E-state index in [4.69, 9.17) is 25.4 Å². The highest BCUT2D eigenvalue weighted by Crippen LogP contribution is 2.44. The van der Waals surface area contributed by atoms with Crippen molar-refractivity contribution in [3.63, 3.8) is 0 Å². The third kappa shape index (κ3) is 7.66. The fourth-order valence-corrected chi connectivity index (χ4v) is 4.19. The van der Waals surface area contributed by atoms with Crippen molar-refractivity contribution in [2.45, 2.75) is 94.2 Å². The summed E-state index contributed by atoms with van der Waals surface area (Å²) in [5, 5.41) is 39.6. The van der Waals surface area contributed by atoms with E-state index in [-0.39, 0.29) is 13.0 Å². The molecule has 2 saturated heterocycles. The summed E-state index contributed by atoms with van der Waals surface area (Å²) in [5.74, 6) is -0.521. The monoisotopic (exact) mass is 605 g/mol. The second kappa shape index (κ2) is 13.2. The molecular weight excluding hydrogens is 569 g/mol. The zero-order valence-electron chi connectivity index (χ0n) is 22.7. The van der Waals surface area contributed by atoms with E-state index in [1.54, 1.807) is 0 Å². The SMILES string of the molecule is CC(C)(F)/C(N)=N\C(=O)N[C@H]1C[C@H](O)[C@](CO)(CF)O1.CCC1=NC(=O)N([C@H]2C[C@H](O)[C@](CO)(C(F)(F)F)O2)CC1. The van der Waals surface area contributed by atoms with E-state index in [9.17, 15) is 41.8 Å². The van der Waals surface area contributed by atoms with Crippen LogP contribution in [0.25, 0.3) is 0 Å². The van der Waals surface area contributed by atoms with Gasteiger partial charge >= 0.3 is 18.2 Å². The minimum atomic E-state index is -4.94. The van der Waals surface area contributed by atoms with Crippen LogP contribution in [0, 0.1) is 0 Å². The Morgan fingerprint density at radius 2 is 1.80 bits per heavy atom. The Hall–Kier alpha value is -2.51. The number of carbonyl (C=O) groups is 2. The van der Waals surface area contributed by atoms with Gasteiger partial charge in [0, 0.05) is 31.5 Å². The fraction of sp³-hybridized carbons (Fsp3) is 0.826. The Kier molecular flexibility index (Phi) is 11.2. The quantitative estimate of drug-likeness (QED) is 0.137. The minimum Gasteiger partial charge on any atom is -0.393 e. The van der Waals surface area contributed by atoms with Crippen LogP contribution in [0.1, 0.15) is 46.5 Å². The summed E-state index contributed by atoms with van der Waals surface area (Å²) in [6.07, 6.45) is -9.92. The molecule has 6 atom stereocenters. The molecule has 4 amide bonds. The average Bonchev–Trinajstić information content (AvgIpc) is 3.39. The number of aliphatic imine (C=N–C) groups is 2.